The summed E-state index contributed by atoms with van der Waals surface area (Å²) < 4.78 is 59.1. The van der Waals surface area contributed by atoms with Crippen molar-refractivity contribution in [3.05, 3.63) is 48.2 Å². The number of aromatic nitrogens is 2. The molecule has 0 saturated carbocycles. The summed E-state index contributed by atoms with van der Waals surface area (Å²) in [4.78, 5) is 27.5. The summed E-state index contributed by atoms with van der Waals surface area (Å²) in [7, 11) is 1.87. The molecule has 0 bridgehead atoms. The van der Waals surface area contributed by atoms with Gasteiger partial charge in [-0.3, -0.25) is 4.79 Å². The molecular formula is C21H23F4N3O5. The predicted molar refractivity (Wildman–Crippen MR) is 106 cm³/mol. The number of halogens is 4. The number of aryl methyl sites for hydroxylation is 1. The number of rotatable bonds is 3. The van der Waals surface area contributed by atoms with Gasteiger partial charge >= 0.3 is 12.1 Å². The first-order valence-electron chi connectivity index (χ1n) is 10.1. The maximum atomic E-state index is 13.8. The van der Waals surface area contributed by atoms with Crippen LogP contribution in [-0.4, -0.2) is 69.0 Å². The molecule has 4 heterocycles. The number of ether oxygens (including phenoxy) is 2. The summed E-state index contributed by atoms with van der Waals surface area (Å²) in [5.41, 5.74) is 0.248. The lowest BCUT2D eigenvalue weighted by Gasteiger charge is -2.39. The zero-order valence-electron chi connectivity index (χ0n) is 17.7. The maximum Gasteiger partial charge on any atom is 0.490 e. The third kappa shape index (κ3) is 6.01. The van der Waals surface area contributed by atoms with E-state index in [1.54, 1.807) is 0 Å². The summed E-state index contributed by atoms with van der Waals surface area (Å²) in [6.45, 7) is 1.62. The van der Waals surface area contributed by atoms with Crippen molar-refractivity contribution in [1.82, 2.24) is 14.5 Å². The van der Waals surface area contributed by atoms with E-state index in [0.717, 1.165) is 19.4 Å². The summed E-state index contributed by atoms with van der Waals surface area (Å²) in [5.74, 6) is -3.21. The molecule has 0 radical (unpaired) electrons. The smallest absolute Gasteiger partial charge is 0.475 e. The van der Waals surface area contributed by atoms with Gasteiger partial charge < -0.3 is 24.0 Å². The minimum Gasteiger partial charge on any atom is -0.475 e. The van der Waals surface area contributed by atoms with E-state index in [9.17, 15) is 22.4 Å². The van der Waals surface area contributed by atoms with Crippen molar-refractivity contribution in [1.29, 1.82) is 0 Å². The third-order valence-corrected chi connectivity index (χ3v) is 5.41. The van der Waals surface area contributed by atoms with E-state index in [-0.39, 0.29) is 17.9 Å². The molecule has 0 aliphatic carbocycles. The Bertz CT molecular complexity index is 996. The van der Waals surface area contributed by atoms with Crippen molar-refractivity contribution >= 4 is 11.9 Å². The van der Waals surface area contributed by atoms with E-state index in [2.05, 4.69) is 4.98 Å². The van der Waals surface area contributed by atoms with Gasteiger partial charge in [0, 0.05) is 32.4 Å². The van der Waals surface area contributed by atoms with Crippen molar-refractivity contribution in [2.24, 2.45) is 7.05 Å². The van der Waals surface area contributed by atoms with Gasteiger partial charge in [-0.1, -0.05) is 0 Å². The Balaban J connectivity index is 0.000000383. The van der Waals surface area contributed by atoms with Crippen LogP contribution >= 0.6 is 0 Å². The van der Waals surface area contributed by atoms with Crippen molar-refractivity contribution in [3.8, 4) is 5.88 Å². The lowest BCUT2D eigenvalue weighted by Crippen LogP contribution is -2.50. The van der Waals surface area contributed by atoms with Gasteiger partial charge in [0.1, 0.15) is 11.8 Å². The van der Waals surface area contributed by atoms with Crippen LogP contribution in [0.25, 0.3) is 0 Å². The highest BCUT2D eigenvalue weighted by Gasteiger charge is 2.46. The van der Waals surface area contributed by atoms with Gasteiger partial charge in [-0.2, -0.15) is 13.2 Å². The Morgan fingerprint density at radius 3 is 2.64 bits per heavy atom. The predicted octanol–water partition coefficient (Wildman–Crippen LogP) is 3.04. The molecule has 12 heteroatoms. The van der Waals surface area contributed by atoms with Crippen LogP contribution in [-0.2, 0) is 16.6 Å². The number of carbonyl (C=O) groups excluding carboxylic acids is 1. The maximum absolute atomic E-state index is 13.8. The van der Waals surface area contributed by atoms with Crippen LogP contribution in [0.4, 0.5) is 17.6 Å². The summed E-state index contributed by atoms with van der Waals surface area (Å²) in [6.07, 6.45) is 0.397. The number of pyridine rings is 1. The molecule has 4 rings (SSSR count). The van der Waals surface area contributed by atoms with Gasteiger partial charge in [-0.05, 0) is 37.1 Å². The number of amides is 1. The SMILES string of the molecule is Cn1cccc1C(=O)N1CCC[C@]2(C[C@@H](Oc3ncccc3F)CO2)C1.O=C(O)C(F)(F)F. The molecule has 8 nitrogen and oxygen atoms in total. The Morgan fingerprint density at radius 1 is 1.30 bits per heavy atom. The molecule has 2 fully saturated rings. The van der Waals surface area contributed by atoms with Gasteiger partial charge in [0.2, 0.25) is 0 Å². The number of nitrogens with zero attached hydrogens (tertiary/aromatic N) is 3. The first-order valence-corrected chi connectivity index (χ1v) is 10.1. The highest BCUT2D eigenvalue weighted by atomic mass is 19.4. The summed E-state index contributed by atoms with van der Waals surface area (Å²) in [5, 5.41) is 7.12. The molecule has 2 saturated heterocycles. The second-order valence-corrected chi connectivity index (χ2v) is 7.87. The van der Waals surface area contributed by atoms with Gasteiger partial charge in [0.15, 0.2) is 5.82 Å². The second kappa shape index (κ2) is 9.77. The highest BCUT2D eigenvalue weighted by molar-refractivity contribution is 5.92. The Kier molecular flexibility index (Phi) is 7.25. The number of hydrogen-bond acceptors (Lipinski definition) is 5. The zero-order valence-corrected chi connectivity index (χ0v) is 17.7. The van der Waals surface area contributed by atoms with Crippen molar-refractivity contribution in [2.75, 3.05) is 19.7 Å². The fraction of sp³-hybridized carbons (Fsp3) is 0.476. The number of alkyl halides is 3. The average molecular weight is 473 g/mol. The normalized spacial score (nSPS) is 22.6. The van der Waals surface area contributed by atoms with Crippen molar-refractivity contribution in [2.45, 2.75) is 37.1 Å². The lowest BCUT2D eigenvalue weighted by atomic mass is 9.89. The molecule has 1 spiro atoms. The molecule has 2 aliphatic heterocycles. The zero-order chi connectivity index (χ0) is 24.2. The van der Waals surface area contributed by atoms with Crippen molar-refractivity contribution < 1.29 is 41.7 Å². The van der Waals surface area contributed by atoms with E-state index in [1.807, 2.05) is 34.8 Å². The molecule has 0 unspecified atom stereocenters. The molecule has 33 heavy (non-hydrogen) atoms. The summed E-state index contributed by atoms with van der Waals surface area (Å²) >= 11 is 0. The van der Waals surface area contributed by atoms with Crippen LogP contribution in [0.2, 0.25) is 0 Å². The topological polar surface area (TPSA) is 93.9 Å². The van der Waals surface area contributed by atoms with Crippen molar-refractivity contribution in [3.63, 3.8) is 0 Å². The number of aliphatic carboxylic acids is 1. The van der Waals surface area contributed by atoms with Crippen LogP contribution in [0, 0.1) is 5.82 Å². The van der Waals surface area contributed by atoms with E-state index in [4.69, 9.17) is 19.4 Å². The number of piperidine rings is 1. The minimum atomic E-state index is -5.08. The fourth-order valence-electron chi connectivity index (χ4n) is 3.90. The number of carbonyl (C=O) groups is 2. The third-order valence-electron chi connectivity index (χ3n) is 5.41. The van der Waals surface area contributed by atoms with E-state index in [0.29, 0.717) is 25.3 Å². The lowest BCUT2D eigenvalue weighted by molar-refractivity contribution is -0.192. The molecule has 2 aromatic heterocycles. The fourth-order valence-corrected chi connectivity index (χ4v) is 3.90. The Morgan fingerprint density at radius 2 is 2.03 bits per heavy atom. The monoisotopic (exact) mass is 473 g/mol. The van der Waals surface area contributed by atoms with Gasteiger partial charge in [0.25, 0.3) is 11.8 Å². The molecular weight excluding hydrogens is 450 g/mol. The molecule has 1 amide bonds. The molecule has 0 aromatic carbocycles. The van der Waals surface area contributed by atoms with Crippen LogP contribution < -0.4 is 4.74 Å². The largest absolute Gasteiger partial charge is 0.490 e. The molecule has 2 atom stereocenters. The van der Waals surface area contributed by atoms with E-state index in [1.165, 1.54) is 18.3 Å². The summed E-state index contributed by atoms with van der Waals surface area (Å²) in [6, 6.07) is 6.55. The first-order chi connectivity index (χ1) is 15.5. The highest BCUT2D eigenvalue weighted by Crippen LogP contribution is 2.36. The minimum absolute atomic E-state index is 0.00528. The standard InChI is InChI=1S/C19H22FN3O3.C2HF3O2/c1-22-9-3-6-16(22)18(24)23-10-4-7-19(13-23)11-14(12-25-19)26-17-15(20)5-2-8-21-17;3-2(4,5)1(6)7/h2-3,5-6,8-9,14H,4,7,10-13H2,1H3;(H,6,7)/t14-,19+;/m1./s1. The quantitative estimate of drug-likeness (QED) is 0.689. The van der Waals surface area contributed by atoms with Crippen LogP contribution in [0.3, 0.4) is 0 Å². The van der Waals surface area contributed by atoms with E-state index >= 15 is 0 Å². The van der Waals surface area contributed by atoms with Crippen LogP contribution in [0.1, 0.15) is 29.8 Å². The molecule has 1 N–H and O–H groups in total. The van der Waals surface area contributed by atoms with Crippen LogP contribution in [0.15, 0.2) is 36.7 Å². The van der Waals surface area contributed by atoms with Gasteiger partial charge in [-0.25, -0.2) is 14.2 Å². The van der Waals surface area contributed by atoms with Gasteiger partial charge in [0.05, 0.1) is 18.8 Å². The van der Waals surface area contributed by atoms with Gasteiger partial charge in [-0.15, -0.1) is 0 Å². The average Bonchev–Trinajstić information content (AvgIpc) is 3.35. The number of hydrogen-bond donors (Lipinski definition) is 1. The second-order valence-electron chi connectivity index (χ2n) is 7.87. The number of likely N-dealkylation sites (tertiary alicyclic amines) is 1. The number of carboxylic acid groups (broad SMARTS) is 1. The number of carboxylic acids is 1. The Labute approximate surface area is 186 Å². The first kappa shape index (κ1) is 24.5. The molecule has 180 valence electrons. The molecule has 2 aliphatic rings. The van der Waals surface area contributed by atoms with E-state index < -0.39 is 23.6 Å². The van der Waals surface area contributed by atoms with Crippen LogP contribution in [0.5, 0.6) is 5.88 Å². The Hall–Kier alpha value is -3.15. The molecule has 2 aromatic rings.